The molecule has 0 radical (unpaired) electrons. The quantitative estimate of drug-likeness (QED) is 0.348. The van der Waals surface area contributed by atoms with Crippen molar-refractivity contribution in [2.75, 3.05) is 12.9 Å². The Morgan fingerprint density at radius 3 is 1.75 bits per heavy atom. The summed E-state index contributed by atoms with van der Waals surface area (Å²) in [6.45, 7) is 0. The smallest absolute Gasteiger partial charge is 0.154 e. The molecule has 0 atom stereocenters. The zero-order valence-corrected chi connectivity index (χ0v) is 2.62. The average Bonchev–Trinajstić information content (AvgIpc) is 0.722. The maximum absolute atomic E-state index is 3.11. The van der Waals surface area contributed by atoms with Gasteiger partial charge in [0.2, 0.25) is 0 Å². The minimum Gasteiger partial charge on any atom is -0.332 e. The third kappa shape index (κ3) is 0.131. The highest BCUT2D eigenvalue weighted by Crippen LogP contribution is 1.64. The predicted octanol–water partition coefficient (Wildman–Crippen LogP) is -1.06. The maximum atomic E-state index is 3.11. The number of hydrogen-bond acceptors (Lipinski definition) is 1. The summed E-state index contributed by atoms with van der Waals surface area (Å²) >= 11 is 0. The van der Waals surface area contributed by atoms with Gasteiger partial charge in [0.25, 0.3) is 0 Å². The highest BCUT2D eigenvalue weighted by molar-refractivity contribution is 6.39. The number of nitrogens with one attached hydrogen (secondary N) is 1. The van der Waals surface area contributed by atoms with Gasteiger partial charge >= 0.3 is 0 Å². The van der Waals surface area contributed by atoms with Gasteiger partial charge in [-0.3, -0.25) is 0 Å². The third-order valence-electron chi connectivity index (χ3n) is 0.707. The van der Waals surface area contributed by atoms with Crippen LogP contribution in [0, 0.1) is 0 Å². The first kappa shape index (κ1) is 2.27. The lowest BCUT2D eigenvalue weighted by molar-refractivity contribution is 0.843. The van der Waals surface area contributed by atoms with Gasteiger partial charge in [-0.2, -0.15) is 0 Å². The van der Waals surface area contributed by atoms with Crippen LogP contribution in [0.25, 0.3) is 0 Å². The highest BCUT2D eigenvalue weighted by atomic mass is 14.9. The summed E-state index contributed by atoms with van der Waals surface area (Å²) < 4.78 is 0. The molecule has 0 saturated carbocycles. The molecule has 0 spiro atoms. The summed E-state index contributed by atoms with van der Waals surface area (Å²) in [4.78, 5) is 0. The van der Waals surface area contributed by atoms with Gasteiger partial charge in [0.15, 0.2) is 7.28 Å². The van der Waals surface area contributed by atoms with Crippen molar-refractivity contribution in [3.63, 3.8) is 0 Å². The summed E-state index contributed by atoms with van der Waals surface area (Å²) in [5.74, 6) is 0. The molecular weight excluding hydrogens is 48.8 g/mol. The van der Waals surface area contributed by atoms with Gasteiger partial charge in [0, 0.05) is 0 Å². The molecular formula is C2H6BN. The molecule has 0 amide bonds. The van der Waals surface area contributed by atoms with Crippen LogP contribution < -0.4 is 5.32 Å². The van der Waals surface area contributed by atoms with Crippen molar-refractivity contribution < 1.29 is 0 Å². The number of hydrogen-bond donors (Lipinski definition) is 1. The minimum atomic E-state index is 1.25. The first-order valence-electron chi connectivity index (χ1n) is 1.71. The van der Waals surface area contributed by atoms with Crippen LogP contribution in [-0.4, -0.2) is 20.2 Å². The zero-order valence-electron chi connectivity index (χ0n) is 2.62. The molecule has 1 rings (SSSR count). The van der Waals surface area contributed by atoms with E-state index < -0.39 is 0 Å². The lowest BCUT2D eigenvalue weighted by Crippen LogP contribution is -2.39. The Balaban J connectivity index is 2.00. The molecule has 0 aromatic heterocycles. The normalized spacial score (nSPS) is 22.0. The molecule has 1 aliphatic heterocycles. The molecule has 1 heterocycles. The van der Waals surface area contributed by atoms with Crippen molar-refractivity contribution in [2.24, 2.45) is 0 Å². The second-order valence-corrected chi connectivity index (χ2v) is 1.10. The second-order valence-electron chi connectivity index (χ2n) is 1.10. The molecule has 22 valence electrons. The van der Waals surface area contributed by atoms with E-state index in [4.69, 9.17) is 0 Å². The van der Waals surface area contributed by atoms with Crippen LogP contribution in [0.5, 0.6) is 0 Å². The Hall–Kier alpha value is 0.0249. The minimum absolute atomic E-state index is 1.25. The zero-order chi connectivity index (χ0) is 2.83. The van der Waals surface area contributed by atoms with E-state index >= 15 is 0 Å². The van der Waals surface area contributed by atoms with Gasteiger partial charge in [-0.25, -0.2) is 0 Å². The molecule has 0 unspecified atom stereocenters. The number of rotatable bonds is 0. The van der Waals surface area contributed by atoms with Gasteiger partial charge in [0.1, 0.15) is 0 Å². The van der Waals surface area contributed by atoms with Crippen molar-refractivity contribution in [1.29, 1.82) is 0 Å². The van der Waals surface area contributed by atoms with Crippen LogP contribution in [0.1, 0.15) is 0 Å². The summed E-state index contributed by atoms with van der Waals surface area (Å²) in [7, 11) is 1.39. The van der Waals surface area contributed by atoms with Crippen LogP contribution >= 0.6 is 0 Å². The fourth-order valence-electron chi connectivity index (χ4n) is 0.177. The monoisotopic (exact) mass is 55.1 g/mol. The topological polar surface area (TPSA) is 12.0 Å². The van der Waals surface area contributed by atoms with Gasteiger partial charge in [-0.1, -0.05) is 0 Å². The Morgan fingerprint density at radius 2 is 1.75 bits per heavy atom. The fourth-order valence-corrected chi connectivity index (χ4v) is 0.177. The van der Waals surface area contributed by atoms with Crippen LogP contribution in [-0.2, 0) is 0 Å². The SMILES string of the molecule is B1CNC1. The van der Waals surface area contributed by atoms with Crippen molar-refractivity contribution in [3.05, 3.63) is 0 Å². The van der Waals surface area contributed by atoms with Crippen molar-refractivity contribution >= 4 is 7.28 Å². The molecule has 1 fully saturated rings. The van der Waals surface area contributed by atoms with Gasteiger partial charge in [0.05, 0.1) is 0 Å². The van der Waals surface area contributed by atoms with Crippen LogP contribution in [0.3, 0.4) is 0 Å². The van der Waals surface area contributed by atoms with E-state index in [-0.39, 0.29) is 0 Å². The van der Waals surface area contributed by atoms with E-state index in [2.05, 4.69) is 5.32 Å². The molecule has 2 heteroatoms. The molecule has 1 aliphatic rings. The first-order valence-corrected chi connectivity index (χ1v) is 1.71. The molecule has 4 heavy (non-hydrogen) atoms. The van der Waals surface area contributed by atoms with E-state index in [9.17, 15) is 0 Å². The van der Waals surface area contributed by atoms with Gasteiger partial charge in [-0.05, 0) is 12.9 Å². The second kappa shape index (κ2) is 0.766. The predicted molar refractivity (Wildman–Crippen MR) is 20.0 cm³/mol. The molecule has 0 aliphatic carbocycles. The molecule has 0 aromatic carbocycles. The molecule has 1 N–H and O–H groups in total. The lowest BCUT2D eigenvalue weighted by Gasteiger charge is -2.07. The van der Waals surface area contributed by atoms with Crippen LogP contribution in [0.2, 0.25) is 0 Å². The van der Waals surface area contributed by atoms with E-state index in [0.29, 0.717) is 0 Å². The largest absolute Gasteiger partial charge is 0.332 e. The Labute approximate surface area is 26.6 Å². The maximum Gasteiger partial charge on any atom is 0.154 e. The average molecular weight is 54.9 g/mol. The highest BCUT2D eigenvalue weighted by Gasteiger charge is 1.96. The van der Waals surface area contributed by atoms with Crippen molar-refractivity contribution in [1.82, 2.24) is 5.32 Å². The van der Waals surface area contributed by atoms with Crippen LogP contribution in [0.4, 0.5) is 0 Å². The fraction of sp³-hybridized carbons (Fsp3) is 1.00. The third-order valence-corrected chi connectivity index (χ3v) is 0.707. The van der Waals surface area contributed by atoms with Gasteiger partial charge < -0.3 is 5.32 Å². The summed E-state index contributed by atoms with van der Waals surface area (Å²) in [6, 6.07) is 0. The molecule has 1 nitrogen and oxygen atoms in total. The molecule has 0 aromatic rings. The van der Waals surface area contributed by atoms with Crippen molar-refractivity contribution in [3.8, 4) is 0 Å². The Morgan fingerprint density at radius 1 is 1.50 bits per heavy atom. The lowest BCUT2D eigenvalue weighted by atomic mass is 9.72. The molecule has 0 bridgehead atoms. The van der Waals surface area contributed by atoms with E-state index in [1.807, 2.05) is 0 Å². The molecule has 1 saturated heterocycles. The van der Waals surface area contributed by atoms with E-state index in [1.165, 1.54) is 20.2 Å². The van der Waals surface area contributed by atoms with Crippen molar-refractivity contribution in [2.45, 2.75) is 0 Å². The van der Waals surface area contributed by atoms with Gasteiger partial charge in [-0.15, -0.1) is 0 Å². The van der Waals surface area contributed by atoms with E-state index in [0.717, 1.165) is 0 Å². The summed E-state index contributed by atoms with van der Waals surface area (Å²) in [5.41, 5.74) is 0. The summed E-state index contributed by atoms with van der Waals surface area (Å²) in [5, 5.41) is 3.11. The standard InChI is InChI=1S/C2H6BN/c1-3-2-4-1/h3-4H,1-2H2. The summed E-state index contributed by atoms with van der Waals surface area (Å²) in [6.07, 6.45) is 2.50. The van der Waals surface area contributed by atoms with E-state index in [1.54, 1.807) is 0 Å². The Bertz CT molecular complexity index is 14.0. The Kier molecular flexibility index (Phi) is 0.435. The van der Waals surface area contributed by atoms with Crippen LogP contribution in [0.15, 0.2) is 0 Å². The first-order chi connectivity index (χ1) is 2.00.